The lowest BCUT2D eigenvalue weighted by atomic mass is 10.1. The normalized spacial score (nSPS) is 16.7. The van der Waals surface area contributed by atoms with Crippen LogP contribution in [0.4, 0.5) is 0 Å². The number of benzene rings is 1. The Hall–Kier alpha value is -3.02. The van der Waals surface area contributed by atoms with Gasteiger partial charge in [0.2, 0.25) is 0 Å². The molecule has 27 heavy (non-hydrogen) atoms. The standard InChI is InChI=1S/C21H23N3O3/c1-14-18(15(2)27-23-14)13-26-17-9-7-16(8-10-17)21(25)24-12-4-6-20(24)19-5-3-11-22-19/h3,5,7-11,20,22H,4,6,12-13H2,1-2H3/t20-/m0/s1. The first-order valence-electron chi connectivity index (χ1n) is 9.22. The molecule has 6 nitrogen and oxygen atoms in total. The van der Waals surface area contributed by atoms with Gasteiger partial charge in [-0.05, 0) is 63.1 Å². The Kier molecular flexibility index (Phi) is 4.71. The smallest absolute Gasteiger partial charge is 0.254 e. The maximum Gasteiger partial charge on any atom is 0.254 e. The Balaban J connectivity index is 1.43. The van der Waals surface area contributed by atoms with Crippen molar-refractivity contribution >= 4 is 5.91 Å². The Morgan fingerprint density at radius 3 is 2.78 bits per heavy atom. The number of carbonyl (C=O) groups is 1. The minimum absolute atomic E-state index is 0.0596. The second kappa shape index (κ2) is 7.31. The van der Waals surface area contributed by atoms with E-state index in [-0.39, 0.29) is 11.9 Å². The fourth-order valence-electron chi connectivity index (χ4n) is 3.61. The average Bonchev–Trinajstić information content (AvgIpc) is 3.42. The van der Waals surface area contributed by atoms with Gasteiger partial charge in [0.1, 0.15) is 18.1 Å². The average molecular weight is 365 g/mol. The van der Waals surface area contributed by atoms with Crippen LogP contribution in [0.15, 0.2) is 47.1 Å². The van der Waals surface area contributed by atoms with Crippen LogP contribution in [0, 0.1) is 13.8 Å². The summed E-state index contributed by atoms with van der Waals surface area (Å²) < 4.78 is 11.0. The molecule has 2 aromatic heterocycles. The third-order valence-electron chi connectivity index (χ3n) is 5.16. The van der Waals surface area contributed by atoms with Crippen molar-refractivity contribution in [1.82, 2.24) is 15.0 Å². The number of likely N-dealkylation sites (tertiary alicyclic amines) is 1. The summed E-state index contributed by atoms with van der Waals surface area (Å²) in [5.41, 5.74) is 3.57. The number of nitrogens with one attached hydrogen (secondary N) is 1. The molecule has 1 saturated heterocycles. The van der Waals surface area contributed by atoms with E-state index in [0.29, 0.717) is 17.9 Å². The van der Waals surface area contributed by atoms with Crippen molar-refractivity contribution in [2.75, 3.05) is 6.54 Å². The molecular formula is C21H23N3O3. The highest BCUT2D eigenvalue weighted by atomic mass is 16.5. The molecule has 0 aliphatic carbocycles. The first kappa shape index (κ1) is 17.4. The number of carbonyl (C=O) groups excluding carboxylic acids is 1. The lowest BCUT2D eigenvalue weighted by molar-refractivity contribution is 0.0733. The van der Waals surface area contributed by atoms with Crippen molar-refractivity contribution in [2.24, 2.45) is 0 Å². The molecule has 3 heterocycles. The Labute approximate surface area is 158 Å². The predicted octanol–water partition coefficient (Wildman–Crippen LogP) is 4.18. The molecule has 1 aliphatic heterocycles. The molecule has 0 bridgehead atoms. The number of ether oxygens (including phenoxy) is 1. The molecule has 0 radical (unpaired) electrons. The van der Waals surface area contributed by atoms with E-state index in [1.165, 1.54) is 0 Å². The lowest BCUT2D eigenvalue weighted by Crippen LogP contribution is -2.30. The Morgan fingerprint density at radius 1 is 1.30 bits per heavy atom. The number of aromatic nitrogens is 2. The van der Waals surface area contributed by atoms with E-state index in [1.807, 2.05) is 61.3 Å². The number of rotatable bonds is 5. The SMILES string of the molecule is Cc1noc(C)c1COc1ccc(C(=O)N2CCC[C@H]2c2ccc[nH]2)cc1. The zero-order chi connectivity index (χ0) is 18.8. The largest absolute Gasteiger partial charge is 0.489 e. The summed E-state index contributed by atoms with van der Waals surface area (Å²) in [6.07, 6.45) is 3.92. The molecule has 1 amide bonds. The van der Waals surface area contributed by atoms with Gasteiger partial charge in [-0.15, -0.1) is 0 Å². The molecular weight excluding hydrogens is 342 g/mol. The number of H-pyrrole nitrogens is 1. The number of hydrogen-bond acceptors (Lipinski definition) is 4. The molecule has 3 aromatic rings. The van der Waals surface area contributed by atoms with E-state index >= 15 is 0 Å². The van der Waals surface area contributed by atoms with Gasteiger partial charge in [-0.2, -0.15) is 0 Å². The van der Waals surface area contributed by atoms with E-state index in [9.17, 15) is 4.79 Å². The Morgan fingerprint density at radius 2 is 2.11 bits per heavy atom. The lowest BCUT2D eigenvalue weighted by Gasteiger charge is -2.24. The minimum Gasteiger partial charge on any atom is -0.489 e. The van der Waals surface area contributed by atoms with E-state index in [0.717, 1.165) is 42.1 Å². The van der Waals surface area contributed by atoms with Crippen LogP contribution in [-0.4, -0.2) is 27.5 Å². The van der Waals surface area contributed by atoms with E-state index < -0.39 is 0 Å². The molecule has 1 fully saturated rings. The first-order chi connectivity index (χ1) is 13.1. The molecule has 1 aliphatic rings. The van der Waals surface area contributed by atoms with E-state index in [1.54, 1.807) is 0 Å². The highest BCUT2D eigenvalue weighted by Crippen LogP contribution is 2.32. The summed E-state index contributed by atoms with van der Waals surface area (Å²) in [6, 6.07) is 11.5. The van der Waals surface area contributed by atoms with Crippen LogP contribution < -0.4 is 4.74 Å². The summed E-state index contributed by atoms with van der Waals surface area (Å²) in [7, 11) is 0. The predicted molar refractivity (Wildman–Crippen MR) is 101 cm³/mol. The van der Waals surface area contributed by atoms with Crippen LogP contribution in [-0.2, 0) is 6.61 Å². The molecule has 0 saturated carbocycles. The Bertz CT molecular complexity index is 893. The molecule has 4 rings (SSSR count). The quantitative estimate of drug-likeness (QED) is 0.736. The van der Waals surface area contributed by atoms with Gasteiger partial charge in [0.25, 0.3) is 5.91 Å². The van der Waals surface area contributed by atoms with Crippen LogP contribution in [0.1, 0.15) is 52.0 Å². The van der Waals surface area contributed by atoms with Crippen LogP contribution in [0.2, 0.25) is 0 Å². The van der Waals surface area contributed by atoms with Crippen molar-refractivity contribution < 1.29 is 14.1 Å². The van der Waals surface area contributed by atoms with Crippen molar-refractivity contribution in [3.05, 3.63) is 70.9 Å². The fraction of sp³-hybridized carbons (Fsp3) is 0.333. The van der Waals surface area contributed by atoms with Crippen LogP contribution in [0.25, 0.3) is 0 Å². The highest BCUT2D eigenvalue weighted by Gasteiger charge is 2.31. The highest BCUT2D eigenvalue weighted by molar-refractivity contribution is 5.94. The molecule has 0 spiro atoms. The van der Waals surface area contributed by atoms with Crippen molar-refractivity contribution in [1.29, 1.82) is 0 Å². The van der Waals surface area contributed by atoms with E-state index in [4.69, 9.17) is 9.26 Å². The summed E-state index contributed by atoms with van der Waals surface area (Å²) in [5.74, 6) is 1.54. The first-order valence-corrected chi connectivity index (χ1v) is 9.22. The van der Waals surface area contributed by atoms with E-state index in [2.05, 4.69) is 10.1 Å². The number of nitrogens with zero attached hydrogens (tertiary/aromatic N) is 2. The van der Waals surface area contributed by atoms with Gasteiger partial charge in [-0.3, -0.25) is 4.79 Å². The van der Waals surface area contributed by atoms with Crippen LogP contribution in [0.5, 0.6) is 5.75 Å². The van der Waals surface area contributed by atoms with Gasteiger partial charge in [-0.1, -0.05) is 5.16 Å². The number of aryl methyl sites for hydroxylation is 2. The fourth-order valence-corrected chi connectivity index (χ4v) is 3.61. The van der Waals surface area contributed by atoms with Gasteiger partial charge in [-0.25, -0.2) is 0 Å². The molecule has 0 unspecified atom stereocenters. The van der Waals surface area contributed by atoms with Gasteiger partial charge in [0, 0.05) is 24.0 Å². The van der Waals surface area contributed by atoms with Gasteiger partial charge in [0.15, 0.2) is 0 Å². The summed E-state index contributed by atoms with van der Waals surface area (Å²) in [5, 5.41) is 3.93. The van der Waals surface area contributed by atoms with Crippen LogP contribution in [0.3, 0.4) is 0 Å². The third-order valence-corrected chi connectivity index (χ3v) is 5.16. The molecule has 1 N–H and O–H groups in total. The third kappa shape index (κ3) is 3.47. The molecule has 1 aromatic carbocycles. The van der Waals surface area contributed by atoms with Gasteiger partial charge >= 0.3 is 0 Å². The maximum atomic E-state index is 12.9. The van der Waals surface area contributed by atoms with Crippen molar-refractivity contribution in [2.45, 2.75) is 39.3 Å². The number of aromatic amines is 1. The zero-order valence-corrected chi connectivity index (χ0v) is 15.6. The zero-order valence-electron chi connectivity index (χ0n) is 15.6. The summed E-state index contributed by atoms with van der Waals surface area (Å²) >= 11 is 0. The summed E-state index contributed by atoms with van der Waals surface area (Å²) in [4.78, 5) is 18.1. The van der Waals surface area contributed by atoms with Crippen molar-refractivity contribution in [3.63, 3.8) is 0 Å². The maximum absolute atomic E-state index is 12.9. The number of hydrogen-bond donors (Lipinski definition) is 1. The summed E-state index contributed by atoms with van der Waals surface area (Å²) in [6.45, 7) is 4.95. The molecule has 6 heteroatoms. The number of amides is 1. The van der Waals surface area contributed by atoms with Crippen LogP contribution >= 0.6 is 0 Å². The monoisotopic (exact) mass is 365 g/mol. The van der Waals surface area contributed by atoms with Gasteiger partial charge in [0.05, 0.1) is 17.3 Å². The molecule has 140 valence electrons. The minimum atomic E-state index is 0.0596. The topological polar surface area (TPSA) is 71.4 Å². The molecule has 1 atom stereocenters. The van der Waals surface area contributed by atoms with Gasteiger partial charge < -0.3 is 19.1 Å². The second-order valence-corrected chi connectivity index (χ2v) is 6.90. The second-order valence-electron chi connectivity index (χ2n) is 6.90. The van der Waals surface area contributed by atoms with Crippen molar-refractivity contribution in [3.8, 4) is 5.75 Å².